The molecule has 1 fully saturated rings. The number of likely N-dealkylation sites (tertiary alicyclic amines) is 1. The maximum atomic E-state index is 10.8. The number of hydrogen-bond acceptors (Lipinski definition) is 3. The van der Waals surface area contributed by atoms with Crippen LogP contribution in [0.25, 0.3) is 0 Å². The summed E-state index contributed by atoms with van der Waals surface area (Å²) in [4.78, 5) is 13.1. The molecule has 1 aliphatic rings. The van der Waals surface area contributed by atoms with Gasteiger partial charge in [0.2, 0.25) is 0 Å². The van der Waals surface area contributed by atoms with Crippen molar-refractivity contribution < 1.29 is 9.90 Å². The van der Waals surface area contributed by atoms with Crippen molar-refractivity contribution in [3.05, 3.63) is 35.9 Å². The van der Waals surface area contributed by atoms with Crippen LogP contribution in [0.5, 0.6) is 0 Å². The molecule has 2 atom stereocenters. The molecule has 2 unspecified atom stereocenters. The molecule has 4 heteroatoms. The van der Waals surface area contributed by atoms with E-state index in [1.165, 1.54) is 24.8 Å². The number of carboxylic acids is 1. The smallest absolute Gasteiger partial charge is 0.304 e. The summed E-state index contributed by atoms with van der Waals surface area (Å²) in [5, 5.41) is 12.5. The Morgan fingerprint density at radius 2 is 2.09 bits per heavy atom. The van der Waals surface area contributed by atoms with Gasteiger partial charge in [-0.3, -0.25) is 4.79 Å². The lowest BCUT2D eigenvalue weighted by Gasteiger charge is -2.38. The van der Waals surface area contributed by atoms with Crippen LogP contribution in [-0.4, -0.2) is 41.7 Å². The van der Waals surface area contributed by atoms with Gasteiger partial charge in [0.1, 0.15) is 0 Å². The van der Waals surface area contributed by atoms with E-state index in [1.54, 1.807) is 0 Å². The van der Waals surface area contributed by atoms with Crippen LogP contribution in [0.2, 0.25) is 0 Å². The molecule has 0 amide bonds. The van der Waals surface area contributed by atoms with Gasteiger partial charge in [0.25, 0.3) is 0 Å². The number of piperidine rings is 1. The van der Waals surface area contributed by atoms with Crippen molar-refractivity contribution in [2.75, 3.05) is 19.6 Å². The predicted molar refractivity (Wildman–Crippen MR) is 88.8 cm³/mol. The summed E-state index contributed by atoms with van der Waals surface area (Å²) in [6.07, 6.45) is 3.87. The number of benzene rings is 1. The topological polar surface area (TPSA) is 52.6 Å². The fraction of sp³-hybridized carbons (Fsp3) is 0.611. The van der Waals surface area contributed by atoms with Crippen molar-refractivity contribution in [1.29, 1.82) is 0 Å². The fourth-order valence-corrected chi connectivity index (χ4v) is 3.36. The average Bonchev–Trinajstić information content (AvgIpc) is 2.52. The van der Waals surface area contributed by atoms with Crippen LogP contribution in [0.3, 0.4) is 0 Å². The quantitative estimate of drug-likeness (QED) is 0.775. The molecule has 0 bridgehead atoms. The molecule has 1 heterocycles. The first kappa shape index (κ1) is 17.0. The molecule has 2 rings (SSSR count). The third kappa shape index (κ3) is 5.78. The van der Waals surface area contributed by atoms with E-state index in [9.17, 15) is 4.79 Å². The number of aliphatic carboxylic acids is 1. The van der Waals surface area contributed by atoms with Gasteiger partial charge in [-0.25, -0.2) is 0 Å². The number of nitrogens with zero attached hydrogens (tertiary/aromatic N) is 1. The Hall–Kier alpha value is -1.39. The number of hydrogen-bond donors (Lipinski definition) is 2. The van der Waals surface area contributed by atoms with E-state index in [0.29, 0.717) is 18.5 Å². The maximum absolute atomic E-state index is 10.8. The summed E-state index contributed by atoms with van der Waals surface area (Å²) in [6, 6.07) is 10.9. The van der Waals surface area contributed by atoms with Gasteiger partial charge in [-0.15, -0.1) is 0 Å². The Kier molecular flexibility index (Phi) is 6.87. The second kappa shape index (κ2) is 8.91. The molecule has 0 radical (unpaired) electrons. The number of carboxylic acid groups (broad SMARTS) is 1. The van der Waals surface area contributed by atoms with E-state index >= 15 is 0 Å². The molecule has 0 spiro atoms. The van der Waals surface area contributed by atoms with Gasteiger partial charge in [-0.2, -0.15) is 0 Å². The lowest BCUT2D eigenvalue weighted by Crippen LogP contribution is -2.49. The molecule has 2 N–H and O–H groups in total. The summed E-state index contributed by atoms with van der Waals surface area (Å²) in [5.41, 5.74) is 1.30. The fourth-order valence-electron chi connectivity index (χ4n) is 3.36. The van der Waals surface area contributed by atoms with Crippen molar-refractivity contribution in [2.45, 2.75) is 45.2 Å². The first-order valence-corrected chi connectivity index (χ1v) is 8.38. The molecular weight excluding hydrogens is 276 g/mol. The van der Waals surface area contributed by atoms with Crippen LogP contribution in [0.1, 0.15) is 38.2 Å². The first-order valence-electron chi connectivity index (χ1n) is 8.38. The molecule has 0 aromatic heterocycles. The van der Waals surface area contributed by atoms with E-state index in [1.807, 2.05) is 6.07 Å². The Labute approximate surface area is 133 Å². The van der Waals surface area contributed by atoms with Gasteiger partial charge in [-0.1, -0.05) is 43.7 Å². The van der Waals surface area contributed by atoms with Crippen molar-refractivity contribution in [2.24, 2.45) is 5.92 Å². The van der Waals surface area contributed by atoms with Crippen LogP contribution in [0, 0.1) is 5.92 Å². The lowest BCUT2D eigenvalue weighted by molar-refractivity contribution is -0.137. The highest BCUT2D eigenvalue weighted by Crippen LogP contribution is 2.22. The Morgan fingerprint density at radius 1 is 1.32 bits per heavy atom. The van der Waals surface area contributed by atoms with Gasteiger partial charge in [-0.05, 0) is 24.3 Å². The summed E-state index contributed by atoms with van der Waals surface area (Å²) in [7, 11) is 0. The molecule has 1 aliphatic heterocycles. The van der Waals surface area contributed by atoms with Crippen molar-refractivity contribution in [1.82, 2.24) is 10.2 Å². The van der Waals surface area contributed by atoms with Gasteiger partial charge < -0.3 is 15.3 Å². The molecule has 1 aromatic carbocycles. The summed E-state index contributed by atoms with van der Waals surface area (Å²) in [5.74, 6) is -0.0211. The second-order valence-corrected chi connectivity index (χ2v) is 6.36. The number of nitrogens with one attached hydrogen (secondary N) is 1. The van der Waals surface area contributed by atoms with Gasteiger partial charge >= 0.3 is 5.97 Å². The highest BCUT2D eigenvalue weighted by Gasteiger charge is 2.26. The summed E-state index contributed by atoms with van der Waals surface area (Å²) < 4.78 is 0. The van der Waals surface area contributed by atoms with E-state index < -0.39 is 5.97 Å². The minimum Gasteiger partial charge on any atom is -0.481 e. The highest BCUT2D eigenvalue weighted by atomic mass is 16.4. The molecule has 0 aliphatic carbocycles. The largest absolute Gasteiger partial charge is 0.481 e. The van der Waals surface area contributed by atoms with Crippen LogP contribution in [0.15, 0.2) is 30.3 Å². The zero-order valence-electron chi connectivity index (χ0n) is 13.5. The first-order chi connectivity index (χ1) is 10.7. The van der Waals surface area contributed by atoms with Crippen molar-refractivity contribution in [3.63, 3.8) is 0 Å². The lowest BCUT2D eigenvalue weighted by atomic mass is 9.90. The van der Waals surface area contributed by atoms with Crippen molar-refractivity contribution >= 4 is 5.97 Å². The van der Waals surface area contributed by atoms with Crippen LogP contribution < -0.4 is 5.32 Å². The average molecular weight is 304 g/mol. The van der Waals surface area contributed by atoms with Crippen molar-refractivity contribution in [3.8, 4) is 0 Å². The predicted octanol–water partition coefficient (Wildman–Crippen LogP) is 2.74. The summed E-state index contributed by atoms with van der Waals surface area (Å²) in [6.45, 7) is 5.78. The second-order valence-electron chi connectivity index (χ2n) is 6.36. The standard InChI is InChI=1S/C18H28N2O2/c1-2-6-16-11-17(14-20(13-16)10-9-18(21)22)19-12-15-7-4-3-5-8-15/h3-5,7-8,16-17,19H,2,6,9-14H2,1H3,(H,21,22). The van der Waals surface area contributed by atoms with E-state index in [2.05, 4.69) is 41.4 Å². The third-order valence-corrected chi connectivity index (χ3v) is 4.39. The molecule has 4 nitrogen and oxygen atoms in total. The zero-order valence-corrected chi connectivity index (χ0v) is 13.5. The zero-order chi connectivity index (χ0) is 15.8. The Morgan fingerprint density at radius 3 is 2.77 bits per heavy atom. The summed E-state index contributed by atoms with van der Waals surface area (Å²) >= 11 is 0. The van der Waals surface area contributed by atoms with Gasteiger partial charge in [0.05, 0.1) is 6.42 Å². The highest BCUT2D eigenvalue weighted by molar-refractivity contribution is 5.66. The van der Waals surface area contributed by atoms with Crippen LogP contribution >= 0.6 is 0 Å². The number of rotatable bonds is 8. The molecule has 122 valence electrons. The van der Waals surface area contributed by atoms with Gasteiger partial charge in [0.15, 0.2) is 0 Å². The molecular formula is C18H28N2O2. The van der Waals surface area contributed by atoms with Crippen LogP contribution in [0.4, 0.5) is 0 Å². The maximum Gasteiger partial charge on any atom is 0.304 e. The van der Waals surface area contributed by atoms with E-state index in [0.717, 1.165) is 19.6 Å². The minimum absolute atomic E-state index is 0.240. The molecule has 22 heavy (non-hydrogen) atoms. The molecule has 1 saturated heterocycles. The monoisotopic (exact) mass is 304 g/mol. The van der Waals surface area contributed by atoms with E-state index in [-0.39, 0.29) is 6.42 Å². The molecule has 0 saturated carbocycles. The van der Waals surface area contributed by atoms with Gasteiger partial charge in [0, 0.05) is 32.2 Å². The normalized spacial score (nSPS) is 22.6. The van der Waals surface area contributed by atoms with E-state index in [4.69, 9.17) is 5.11 Å². The SMILES string of the molecule is CCCC1CC(NCc2ccccc2)CN(CCC(=O)O)C1. The Bertz CT molecular complexity index is 450. The third-order valence-electron chi connectivity index (χ3n) is 4.39. The molecule has 1 aromatic rings. The number of carbonyl (C=O) groups is 1. The van der Waals surface area contributed by atoms with Crippen LogP contribution in [-0.2, 0) is 11.3 Å². The minimum atomic E-state index is -0.702. The Balaban J connectivity index is 1.86.